The van der Waals surface area contributed by atoms with E-state index in [0.29, 0.717) is 10.0 Å². The van der Waals surface area contributed by atoms with Crippen LogP contribution in [0.5, 0.6) is 11.5 Å². The van der Waals surface area contributed by atoms with E-state index in [-0.39, 0.29) is 17.2 Å². The van der Waals surface area contributed by atoms with Gasteiger partial charge in [0.1, 0.15) is 17.3 Å². The van der Waals surface area contributed by atoms with Crippen molar-refractivity contribution in [2.75, 3.05) is 5.32 Å². The van der Waals surface area contributed by atoms with E-state index in [9.17, 15) is 14.6 Å². The van der Waals surface area contributed by atoms with Crippen molar-refractivity contribution in [1.29, 1.82) is 0 Å². The summed E-state index contributed by atoms with van der Waals surface area (Å²) in [5.74, 6) is -0.476. The fourth-order valence-corrected chi connectivity index (χ4v) is 2.37. The maximum absolute atomic E-state index is 13.7. The number of aromatic hydroxyl groups is 2. The highest BCUT2D eigenvalue weighted by atomic mass is 79.9. The summed E-state index contributed by atoms with van der Waals surface area (Å²) in [6, 6.07) is 8.68. The van der Waals surface area contributed by atoms with Crippen LogP contribution in [-0.4, -0.2) is 10.2 Å². The zero-order valence-electron chi connectivity index (χ0n) is 10.2. The summed E-state index contributed by atoms with van der Waals surface area (Å²) < 4.78 is 14.3. The molecule has 100 valence electrons. The van der Waals surface area contributed by atoms with E-state index in [2.05, 4.69) is 21.2 Å². The second kappa shape index (κ2) is 5.48. The number of hydrogen-bond acceptors (Lipinski definition) is 3. The van der Waals surface area contributed by atoms with Gasteiger partial charge in [0.05, 0.1) is 17.3 Å². The number of anilines is 1. The Morgan fingerprint density at radius 2 is 1.68 bits per heavy atom. The minimum absolute atomic E-state index is 0.0348. The highest BCUT2D eigenvalue weighted by molar-refractivity contribution is 9.10. The van der Waals surface area contributed by atoms with Crippen LogP contribution in [0.3, 0.4) is 0 Å². The van der Waals surface area contributed by atoms with Gasteiger partial charge in [-0.1, -0.05) is 12.1 Å². The maximum Gasteiger partial charge on any atom is 0.147 e. The van der Waals surface area contributed by atoms with Gasteiger partial charge in [0.2, 0.25) is 0 Å². The van der Waals surface area contributed by atoms with Gasteiger partial charge in [-0.2, -0.15) is 0 Å². The monoisotopic (exact) mass is 325 g/mol. The lowest BCUT2D eigenvalue weighted by Gasteiger charge is -2.19. The molecule has 0 heterocycles. The van der Waals surface area contributed by atoms with Crippen LogP contribution in [0.1, 0.15) is 18.5 Å². The normalized spacial score (nSPS) is 12.2. The van der Waals surface area contributed by atoms with Gasteiger partial charge in [0.15, 0.2) is 0 Å². The van der Waals surface area contributed by atoms with Crippen molar-refractivity contribution >= 4 is 21.6 Å². The molecule has 2 aromatic carbocycles. The highest BCUT2D eigenvalue weighted by Gasteiger charge is 2.17. The first-order valence-corrected chi connectivity index (χ1v) is 6.51. The zero-order valence-corrected chi connectivity index (χ0v) is 11.8. The number of rotatable bonds is 3. The Kier molecular flexibility index (Phi) is 3.95. The molecule has 1 atom stereocenters. The topological polar surface area (TPSA) is 52.5 Å². The van der Waals surface area contributed by atoms with Gasteiger partial charge in [-0.25, -0.2) is 4.39 Å². The van der Waals surface area contributed by atoms with Crippen LogP contribution in [0.25, 0.3) is 0 Å². The second-order valence-electron chi connectivity index (χ2n) is 4.17. The van der Waals surface area contributed by atoms with Crippen LogP contribution in [0, 0.1) is 5.82 Å². The average molecular weight is 326 g/mol. The predicted molar refractivity (Wildman–Crippen MR) is 75.9 cm³/mol. The van der Waals surface area contributed by atoms with Crippen molar-refractivity contribution in [3.05, 3.63) is 52.3 Å². The Hall–Kier alpha value is -1.75. The molecule has 0 bridgehead atoms. The van der Waals surface area contributed by atoms with E-state index >= 15 is 0 Å². The second-order valence-corrected chi connectivity index (χ2v) is 5.03. The molecule has 0 radical (unpaired) electrons. The fourth-order valence-electron chi connectivity index (χ4n) is 1.91. The summed E-state index contributed by atoms with van der Waals surface area (Å²) >= 11 is 3.26. The van der Waals surface area contributed by atoms with E-state index in [1.165, 1.54) is 18.2 Å². The van der Waals surface area contributed by atoms with Crippen LogP contribution in [0.15, 0.2) is 40.9 Å². The molecule has 19 heavy (non-hydrogen) atoms. The largest absolute Gasteiger partial charge is 0.507 e. The van der Waals surface area contributed by atoms with E-state index < -0.39 is 11.9 Å². The lowest BCUT2D eigenvalue weighted by Crippen LogP contribution is -2.09. The van der Waals surface area contributed by atoms with E-state index in [4.69, 9.17) is 0 Å². The Balaban J connectivity index is 2.34. The quantitative estimate of drug-likeness (QED) is 0.793. The molecule has 5 heteroatoms. The van der Waals surface area contributed by atoms with Crippen molar-refractivity contribution in [3.63, 3.8) is 0 Å². The van der Waals surface area contributed by atoms with Gasteiger partial charge in [0.25, 0.3) is 0 Å². The number of phenolic OH excluding ortho intramolecular Hbond substituents is 2. The summed E-state index contributed by atoms with van der Waals surface area (Å²) in [5.41, 5.74) is 0.621. The summed E-state index contributed by atoms with van der Waals surface area (Å²) in [6.07, 6.45) is 0. The number of benzene rings is 2. The molecular formula is C14H13BrFNO2. The summed E-state index contributed by atoms with van der Waals surface area (Å²) in [6.45, 7) is 1.73. The SMILES string of the molecule is CC(Nc1c(F)cccc1Br)c1c(O)cccc1O. The van der Waals surface area contributed by atoms with Crippen LogP contribution >= 0.6 is 15.9 Å². The Labute approximate surface area is 118 Å². The first-order chi connectivity index (χ1) is 9.00. The van der Waals surface area contributed by atoms with Gasteiger partial charge >= 0.3 is 0 Å². The molecule has 0 saturated carbocycles. The molecule has 0 aromatic heterocycles. The maximum atomic E-state index is 13.7. The zero-order chi connectivity index (χ0) is 14.0. The molecule has 2 aromatic rings. The fraction of sp³-hybridized carbons (Fsp3) is 0.143. The van der Waals surface area contributed by atoms with Crippen LogP contribution in [0.2, 0.25) is 0 Å². The highest BCUT2D eigenvalue weighted by Crippen LogP contribution is 2.36. The van der Waals surface area contributed by atoms with Crippen molar-refractivity contribution in [3.8, 4) is 11.5 Å². The number of halogens is 2. The van der Waals surface area contributed by atoms with E-state index in [1.54, 1.807) is 25.1 Å². The molecule has 0 aliphatic carbocycles. The molecule has 3 nitrogen and oxygen atoms in total. The number of phenols is 2. The molecule has 0 saturated heterocycles. The Morgan fingerprint density at radius 1 is 1.11 bits per heavy atom. The van der Waals surface area contributed by atoms with Gasteiger partial charge in [0, 0.05) is 4.47 Å². The van der Waals surface area contributed by atoms with E-state index in [1.807, 2.05) is 0 Å². The van der Waals surface area contributed by atoms with Crippen molar-refractivity contribution < 1.29 is 14.6 Å². The minimum atomic E-state index is -0.450. The molecule has 0 aliphatic rings. The van der Waals surface area contributed by atoms with Crippen molar-refractivity contribution in [1.82, 2.24) is 0 Å². The Bertz CT molecular complexity index is 563. The predicted octanol–water partition coefficient (Wildman–Crippen LogP) is 4.17. The summed E-state index contributed by atoms with van der Waals surface area (Å²) in [7, 11) is 0. The van der Waals surface area contributed by atoms with Gasteiger partial charge in [-0.15, -0.1) is 0 Å². The molecular weight excluding hydrogens is 313 g/mol. The molecule has 0 fully saturated rings. The van der Waals surface area contributed by atoms with Crippen LogP contribution in [-0.2, 0) is 0 Å². The van der Waals surface area contributed by atoms with E-state index in [0.717, 1.165) is 0 Å². The third-order valence-electron chi connectivity index (χ3n) is 2.82. The standard InChI is InChI=1S/C14H13BrFNO2/c1-8(13-11(18)6-3-7-12(13)19)17-14-9(15)4-2-5-10(14)16/h2-8,17-19H,1H3. The Morgan fingerprint density at radius 3 is 2.26 bits per heavy atom. The average Bonchev–Trinajstić information content (AvgIpc) is 2.34. The lowest BCUT2D eigenvalue weighted by atomic mass is 10.1. The number of nitrogens with one attached hydrogen (secondary N) is 1. The molecule has 0 spiro atoms. The molecule has 1 unspecified atom stereocenters. The summed E-state index contributed by atoms with van der Waals surface area (Å²) in [5, 5.41) is 22.5. The number of hydrogen-bond donors (Lipinski definition) is 3. The van der Waals surface area contributed by atoms with Crippen molar-refractivity contribution in [2.45, 2.75) is 13.0 Å². The molecule has 0 amide bonds. The third kappa shape index (κ3) is 2.81. The molecule has 0 aliphatic heterocycles. The lowest BCUT2D eigenvalue weighted by molar-refractivity contribution is 0.434. The van der Waals surface area contributed by atoms with Crippen molar-refractivity contribution in [2.24, 2.45) is 0 Å². The van der Waals surface area contributed by atoms with Gasteiger partial charge in [-0.05, 0) is 47.1 Å². The summed E-state index contributed by atoms with van der Waals surface area (Å²) in [4.78, 5) is 0. The molecule has 3 N–H and O–H groups in total. The van der Waals surface area contributed by atoms with Crippen LogP contribution in [0.4, 0.5) is 10.1 Å². The minimum Gasteiger partial charge on any atom is -0.507 e. The first kappa shape index (κ1) is 13.7. The third-order valence-corrected chi connectivity index (χ3v) is 3.48. The van der Waals surface area contributed by atoms with Gasteiger partial charge < -0.3 is 15.5 Å². The van der Waals surface area contributed by atoms with Gasteiger partial charge in [-0.3, -0.25) is 0 Å². The number of para-hydroxylation sites is 1. The first-order valence-electron chi connectivity index (χ1n) is 5.72. The van der Waals surface area contributed by atoms with Crippen LogP contribution < -0.4 is 5.32 Å². The molecule has 2 rings (SSSR count). The smallest absolute Gasteiger partial charge is 0.147 e.